The van der Waals surface area contributed by atoms with E-state index in [1.807, 2.05) is 0 Å². The minimum atomic E-state index is -0.449. The summed E-state index contributed by atoms with van der Waals surface area (Å²) in [6.07, 6.45) is 7.45. The Morgan fingerprint density at radius 2 is 2.28 bits per heavy atom. The van der Waals surface area contributed by atoms with Crippen LogP contribution in [0.5, 0.6) is 0 Å². The summed E-state index contributed by atoms with van der Waals surface area (Å²) < 4.78 is 6.75. The Labute approximate surface area is 164 Å². The van der Waals surface area contributed by atoms with Crippen LogP contribution in [0.1, 0.15) is 25.7 Å². The number of nitrogens with zero attached hydrogens (tertiary/aromatic N) is 4. The van der Waals surface area contributed by atoms with E-state index in [2.05, 4.69) is 20.7 Å². The Bertz CT molecular complexity index is 573. The minimum Gasteiger partial charge on any atom is -0.385 e. The van der Waals surface area contributed by atoms with Gasteiger partial charge in [-0.25, -0.2) is 0 Å². The van der Waals surface area contributed by atoms with Gasteiger partial charge in [0.25, 0.3) is 0 Å². The molecule has 1 heterocycles. The maximum absolute atomic E-state index is 10.6. The molecule has 1 aliphatic rings. The fraction of sp³-hybridized carbons (Fsp3) is 0.733. The molecule has 1 aromatic heterocycles. The van der Waals surface area contributed by atoms with E-state index in [4.69, 9.17) is 4.74 Å². The van der Waals surface area contributed by atoms with E-state index < -0.39 is 4.92 Å². The van der Waals surface area contributed by atoms with Gasteiger partial charge >= 0.3 is 5.69 Å². The van der Waals surface area contributed by atoms with Crippen molar-refractivity contribution in [1.29, 1.82) is 0 Å². The van der Waals surface area contributed by atoms with Crippen LogP contribution in [-0.4, -0.2) is 54.5 Å². The van der Waals surface area contributed by atoms with Crippen LogP contribution in [-0.2, 0) is 11.3 Å². The van der Waals surface area contributed by atoms with Gasteiger partial charge in [0.1, 0.15) is 12.4 Å². The number of guanidine groups is 1. The van der Waals surface area contributed by atoms with Crippen molar-refractivity contribution in [1.82, 2.24) is 20.4 Å². The van der Waals surface area contributed by atoms with Gasteiger partial charge in [0.05, 0.1) is 11.5 Å². The molecule has 0 amide bonds. The number of aliphatic imine (C=N–C) groups is 1. The van der Waals surface area contributed by atoms with Gasteiger partial charge in [-0.15, -0.1) is 24.0 Å². The second kappa shape index (κ2) is 10.5. The predicted molar refractivity (Wildman–Crippen MR) is 106 cm³/mol. The lowest BCUT2D eigenvalue weighted by atomic mass is 9.67. The molecule has 1 aromatic rings. The van der Waals surface area contributed by atoms with Gasteiger partial charge in [0.2, 0.25) is 0 Å². The molecule has 25 heavy (non-hydrogen) atoms. The molecule has 9 nitrogen and oxygen atoms in total. The first-order valence-corrected chi connectivity index (χ1v) is 8.19. The molecule has 0 aromatic carbocycles. The van der Waals surface area contributed by atoms with Crippen LogP contribution in [0.15, 0.2) is 17.4 Å². The largest absolute Gasteiger partial charge is 0.385 e. The zero-order valence-corrected chi connectivity index (χ0v) is 17.1. The molecule has 0 bridgehead atoms. The van der Waals surface area contributed by atoms with Gasteiger partial charge in [-0.1, -0.05) is 6.42 Å². The van der Waals surface area contributed by atoms with Crippen molar-refractivity contribution in [3.63, 3.8) is 0 Å². The third-order valence-corrected chi connectivity index (χ3v) is 4.57. The molecule has 10 heteroatoms. The van der Waals surface area contributed by atoms with Gasteiger partial charge in [0, 0.05) is 33.9 Å². The normalized spacial score (nSPS) is 15.8. The van der Waals surface area contributed by atoms with Crippen molar-refractivity contribution in [2.75, 3.05) is 33.9 Å². The highest BCUT2D eigenvalue weighted by Gasteiger charge is 2.36. The van der Waals surface area contributed by atoms with Crippen molar-refractivity contribution in [3.8, 4) is 0 Å². The van der Waals surface area contributed by atoms with E-state index in [0.29, 0.717) is 18.5 Å². The Morgan fingerprint density at radius 3 is 2.80 bits per heavy atom. The average molecular weight is 466 g/mol. The summed E-state index contributed by atoms with van der Waals surface area (Å²) in [5.41, 5.74) is 0.318. The molecule has 2 N–H and O–H groups in total. The molecule has 1 fully saturated rings. The Balaban J connectivity index is 0.00000312. The maximum atomic E-state index is 10.6. The highest BCUT2D eigenvalue weighted by Crippen LogP contribution is 2.43. The predicted octanol–water partition coefficient (Wildman–Crippen LogP) is 1.78. The maximum Gasteiger partial charge on any atom is 0.306 e. The van der Waals surface area contributed by atoms with E-state index in [1.165, 1.54) is 31.7 Å². The summed E-state index contributed by atoms with van der Waals surface area (Å²) >= 11 is 0. The van der Waals surface area contributed by atoms with E-state index in [9.17, 15) is 10.1 Å². The van der Waals surface area contributed by atoms with Gasteiger partial charge in [-0.3, -0.25) is 19.8 Å². The molecule has 0 saturated heterocycles. The number of methoxy groups -OCH3 is 1. The molecule has 0 spiro atoms. The van der Waals surface area contributed by atoms with Crippen LogP contribution in [0.3, 0.4) is 0 Å². The molecule has 142 valence electrons. The van der Waals surface area contributed by atoms with Gasteiger partial charge in [-0.05, 0) is 24.7 Å². The minimum absolute atomic E-state index is 0. The van der Waals surface area contributed by atoms with Crippen LogP contribution in [0.2, 0.25) is 0 Å². The quantitative estimate of drug-likeness (QED) is 0.189. The number of halogens is 1. The zero-order chi connectivity index (χ0) is 17.4. The van der Waals surface area contributed by atoms with Crippen LogP contribution < -0.4 is 10.6 Å². The number of hydrogen-bond acceptors (Lipinski definition) is 5. The first-order chi connectivity index (χ1) is 11.6. The van der Waals surface area contributed by atoms with Crippen LogP contribution in [0.4, 0.5) is 5.69 Å². The molecular weight excluding hydrogens is 439 g/mol. The monoisotopic (exact) mass is 466 g/mol. The third-order valence-electron chi connectivity index (χ3n) is 4.57. The first kappa shape index (κ1) is 21.6. The lowest BCUT2D eigenvalue weighted by molar-refractivity contribution is -0.385. The van der Waals surface area contributed by atoms with Crippen LogP contribution >= 0.6 is 24.0 Å². The van der Waals surface area contributed by atoms with E-state index in [-0.39, 0.29) is 29.7 Å². The number of nitro groups is 1. The SMILES string of the molecule is CN=C(NCCn1cc([N+](=O)[O-])cn1)NCC1(CCOC)CCC1.I. The number of aromatic nitrogens is 2. The van der Waals surface area contributed by atoms with Gasteiger partial charge in [0.15, 0.2) is 5.96 Å². The molecular formula is C15H27IN6O3. The summed E-state index contributed by atoms with van der Waals surface area (Å²) in [5, 5.41) is 21.2. The third kappa shape index (κ3) is 6.42. The van der Waals surface area contributed by atoms with Crippen molar-refractivity contribution in [2.45, 2.75) is 32.2 Å². The molecule has 0 radical (unpaired) electrons. The summed E-state index contributed by atoms with van der Waals surface area (Å²) in [4.78, 5) is 14.4. The summed E-state index contributed by atoms with van der Waals surface area (Å²) in [6.45, 7) is 2.78. The number of rotatable bonds is 9. The number of ether oxygens (including phenoxy) is 1. The topological polar surface area (TPSA) is 107 Å². The second-order valence-electron chi connectivity index (χ2n) is 6.17. The lowest BCUT2D eigenvalue weighted by Gasteiger charge is -2.42. The Kier molecular flexibility index (Phi) is 9.11. The van der Waals surface area contributed by atoms with Gasteiger partial charge < -0.3 is 15.4 Å². The highest BCUT2D eigenvalue weighted by atomic mass is 127. The van der Waals surface area contributed by atoms with Crippen LogP contribution in [0, 0.1) is 15.5 Å². The van der Waals surface area contributed by atoms with E-state index in [1.54, 1.807) is 18.8 Å². The highest BCUT2D eigenvalue weighted by molar-refractivity contribution is 14.0. The summed E-state index contributed by atoms with van der Waals surface area (Å²) in [7, 11) is 3.47. The fourth-order valence-electron chi connectivity index (χ4n) is 2.86. The van der Waals surface area contributed by atoms with E-state index in [0.717, 1.165) is 25.5 Å². The molecule has 1 saturated carbocycles. The van der Waals surface area contributed by atoms with Crippen molar-refractivity contribution in [2.24, 2.45) is 10.4 Å². The molecule has 1 aliphatic carbocycles. The summed E-state index contributed by atoms with van der Waals surface area (Å²) in [6, 6.07) is 0. The standard InChI is InChI=1S/C15H26N6O3.HI/c1-16-14(18-12-15(4-3-5-15)6-9-24-2)17-7-8-20-11-13(10-19-20)21(22)23;/h10-11H,3-9,12H2,1-2H3,(H2,16,17,18);1H. The van der Waals surface area contributed by atoms with Crippen molar-refractivity contribution in [3.05, 3.63) is 22.5 Å². The Morgan fingerprint density at radius 1 is 1.52 bits per heavy atom. The molecule has 0 aliphatic heterocycles. The van der Waals surface area contributed by atoms with Crippen molar-refractivity contribution < 1.29 is 9.66 Å². The molecule has 0 unspecified atom stereocenters. The summed E-state index contributed by atoms with van der Waals surface area (Å²) in [5.74, 6) is 0.736. The van der Waals surface area contributed by atoms with E-state index >= 15 is 0 Å². The second-order valence-corrected chi connectivity index (χ2v) is 6.17. The molecule has 2 rings (SSSR count). The molecule has 0 atom stereocenters. The zero-order valence-electron chi connectivity index (χ0n) is 14.7. The average Bonchev–Trinajstić information content (AvgIpc) is 3.01. The smallest absolute Gasteiger partial charge is 0.306 e. The lowest BCUT2D eigenvalue weighted by Crippen LogP contribution is -2.47. The Hall–Kier alpha value is -1.43. The number of nitrogens with one attached hydrogen (secondary N) is 2. The van der Waals surface area contributed by atoms with Crippen LogP contribution in [0.25, 0.3) is 0 Å². The van der Waals surface area contributed by atoms with Crippen molar-refractivity contribution >= 4 is 35.6 Å². The van der Waals surface area contributed by atoms with Gasteiger partial charge in [-0.2, -0.15) is 5.10 Å². The number of hydrogen-bond donors (Lipinski definition) is 2. The fourth-order valence-corrected chi connectivity index (χ4v) is 2.86. The first-order valence-electron chi connectivity index (χ1n) is 8.19.